The van der Waals surface area contributed by atoms with Gasteiger partial charge >= 0.3 is 0 Å². The van der Waals surface area contributed by atoms with Crippen LogP contribution in [0.2, 0.25) is 0 Å². The molecule has 2 aliphatic rings. The van der Waals surface area contributed by atoms with Crippen LogP contribution >= 0.6 is 0 Å². The van der Waals surface area contributed by atoms with Crippen molar-refractivity contribution in [2.75, 3.05) is 6.61 Å². The van der Waals surface area contributed by atoms with E-state index in [2.05, 4.69) is 6.92 Å². The molecule has 0 bridgehead atoms. The Bertz CT molecular complexity index is 361. The van der Waals surface area contributed by atoms with E-state index < -0.39 is 0 Å². The van der Waals surface area contributed by atoms with Crippen molar-refractivity contribution in [2.45, 2.75) is 53.0 Å². The van der Waals surface area contributed by atoms with Gasteiger partial charge < -0.3 is 5.11 Å². The van der Waals surface area contributed by atoms with Crippen molar-refractivity contribution >= 4 is 11.8 Å². The van der Waals surface area contributed by atoms with Crippen LogP contribution in [0.25, 0.3) is 0 Å². The summed E-state index contributed by atoms with van der Waals surface area (Å²) in [7, 11) is 0. The molecule has 4 heteroatoms. The van der Waals surface area contributed by atoms with Crippen LogP contribution in [0.1, 0.15) is 47.0 Å². The molecule has 2 amide bonds. The molecule has 1 saturated heterocycles. The summed E-state index contributed by atoms with van der Waals surface area (Å²) in [6.07, 6.45) is 2.14. The van der Waals surface area contributed by atoms with Gasteiger partial charge in [0.2, 0.25) is 11.8 Å². The SMILES string of the molecule is CC1CC2C(=O)N(C(CCO)C(C)(C)C)C(=O)C2C1. The molecule has 108 valence electrons. The Morgan fingerprint density at radius 3 is 2.05 bits per heavy atom. The number of likely N-dealkylation sites (tertiary alicyclic amines) is 1. The molecule has 2 rings (SSSR count). The fourth-order valence-corrected chi connectivity index (χ4v) is 3.68. The largest absolute Gasteiger partial charge is 0.396 e. The number of hydrogen-bond donors (Lipinski definition) is 1. The van der Waals surface area contributed by atoms with Gasteiger partial charge in [0.05, 0.1) is 11.8 Å². The Morgan fingerprint density at radius 1 is 1.21 bits per heavy atom. The third-order valence-corrected chi connectivity index (χ3v) is 4.62. The number of hydrogen-bond acceptors (Lipinski definition) is 3. The lowest BCUT2D eigenvalue weighted by molar-refractivity contribution is -0.146. The van der Waals surface area contributed by atoms with Gasteiger partial charge in [0.1, 0.15) is 0 Å². The second-order valence-corrected chi connectivity index (χ2v) is 7.23. The highest BCUT2D eigenvalue weighted by Crippen LogP contribution is 2.45. The van der Waals surface area contributed by atoms with Gasteiger partial charge in [-0.2, -0.15) is 0 Å². The molecule has 0 aromatic rings. The van der Waals surface area contributed by atoms with Crippen LogP contribution in [-0.2, 0) is 9.59 Å². The van der Waals surface area contributed by atoms with Gasteiger partial charge in [-0.15, -0.1) is 0 Å². The van der Waals surface area contributed by atoms with E-state index in [-0.39, 0.29) is 41.7 Å². The number of aliphatic hydroxyl groups excluding tert-OH is 1. The van der Waals surface area contributed by atoms with E-state index in [1.807, 2.05) is 20.8 Å². The number of nitrogens with zero attached hydrogens (tertiary/aromatic N) is 1. The van der Waals surface area contributed by atoms with Crippen molar-refractivity contribution in [2.24, 2.45) is 23.2 Å². The second kappa shape index (κ2) is 4.89. The number of fused-ring (bicyclic) bond motifs is 1. The highest BCUT2D eigenvalue weighted by Gasteiger charge is 2.54. The number of amides is 2. The Balaban J connectivity index is 2.25. The normalized spacial score (nSPS) is 32.9. The average molecular weight is 267 g/mol. The molecule has 0 radical (unpaired) electrons. The zero-order chi connectivity index (χ0) is 14.4. The molecule has 0 spiro atoms. The number of carbonyl (C=O) groups is 2. The summed E-state index contributed by atoms with van der Waals surface area (Å²) >= 11 is 0. The molecule has 0 aromatic carbocycles. The maximum absolute atomic E-state index is 12.5. The van der Waals surface area contributed by atoms with Crippen LogP contribution in [0.3, 0.4) is 0 Å². The van der Waals surface area contributed by atoms with Gasteiger partial charge in [-0.1, -0.05) is 27.7 Å². The maximum Gasteiger partial charge on any atom is 0.233 e. The van der Waals surface area contributed by atoms with E-state index >= 15 is 0 Å². The number of aliphatic hydroxyl groups is 1. The minimum Gasteiger partial charge on any atom is -0.396 e. The van der Waals surface area contributed by atoms with E-state index in [9.17, 15) is 14.7 Å². The predicted molar refractivity (Wildman–Crippen MR) is 72.2 cm³/mol. The Hall–Kier alpha value is -0.900. The van der Waals surface area contributed by atoms with Crippen molar-refractivity contribution in [1.29, 1.82) is 0 Å². The van der Waals surface area contributed by atoms with Gasteiger partial charge in [-0.25, -0.2) is 0 Å². The highest BCUT2D eigenvalue weighted by molar-refractivity contribution is 6.05. The van der Waals surface area contributed by atoms with E-state index in [1.165, 1.54) is 4.90 Å². The molecular weight excluding hydrogens is 242 g/mol. The van der Waals surface area contributed by atoms with E-state index in [0.29, 0.717) is 12.3 Å². The molecule has 0 aromatic heterocycles. The highest BCUT2D eigenvalue weighted by atomic mass is 16.3. The van der Waals surface area contributed by atoms with Crippen LogP contribution in [0.15, 0.2) is 0 Å². The molecular formula is C15H25NO3. The van der Waals surface area contributed by atoms with E-state index in [1.54, 1.807) is 0 Å². The molecule has 3 atom stereocenters. The van der Waals surface area contributed by atoms with Crippen molar-refractivity contribution in [3.63, 3.8) is 0 Å². The molecule has 19 heavy (non-hydrogen) atoms. The molecule has 1 heterocycles. The van der Waals surface area contributed by atoms with Gasteiger partial charge in [0, 0.05) is 12.6 Å². The van der Waals surface area contributed by atoms with Crippen LogP contribution in [0.4, 0.5) is 0 Å². The summed E-state index contributed by atoms with van der Waals surface area (Å²) in [5.41, 5.74) is -0.196. The Morgan fingerprint density at radius 2 is 1.68 bits per heavy atom. The topological polar surface area (TPSA) is 57.6 Å². The minimum absolute atomic E-state index is 0.00470. The first kappa shape index (κ1) is 14.5. The summed E-state index contributed by atoms with van der Waals surface area (Å²) in [6.45, 7) is 8.17. The van der Waals surface area contributed by atoms with Crippen LogP contribution < -0.4 is 0 Å². The number of rotatable bonds is 3. The van der Waals surface area contributed by atoms with Crippen molar-refractivity contribution in [3.05, 3.63) is 0 Å². The smallest absolute Gasteiger partial charge is 0.233 e. The second-order valence-electron chi connectivity index (χ2n) is 7.23. The van der Waals surface area contributed by atoms with Crippen LogP contribution in [-0.4, -0.2) is 34.5 Å². The van der Waals surface area contributed by atoms with Crippen molar-refractivity contribution < 1.29 is 14.7 Å². The first-order valence-corrected chi connectivity index (χ1v) is 7.25. The van der Waals surface area contributed by atoms with Crippen LogP contribution in [0, 0.1) is 23.2 Å². The lowest BCUT2D eigenvalue weighted by Gasteiger charge is -2.37. The average Bonchev–Trinajstić information content (AvgIpc) is 2.76. The fourth-order valence-electron chi connectivity index (χ4n) is 3.68. The zero-order valence-corrected chi connectivity index (χ0v) is 12.3. The van der Waals surface area contributed by atoms with Gasteiger partial charge in [-0.05, 0) is 30.6 Å². The molecule has 1 saturated carbocycles. The third-order valence-electron chi connectivity index (χ3n) is 4.62. The van der Waals surface area contributed by atoms with Crippen molar-refractivity contribution in [1.82, 2.24) is 4.90 Å². The minimum atomic E-state index is -0.196. The molecule has 1 N–H and O–H groups in total. The summed E-state index contributed by atoms with van der Waals surface area (Å²) in [4.78, 5) is 26.5. The van der Waals surface area contributed by atoms with E-state index in [4.69, 9.17) is 0 Å². The first-order valence-electron chi connectivity index (χ1n) is 7.25. The predicted octanol–water partition coefficient (Wildman–Crippen LogP) is 1.81. The molecule has 1 aliphatic heterocycles. The molecule has 1 aliphatic carbocycles. The summed E-state index contributed by atoms with van der Waals surface area (Å²) in [5.74, 6) is 0.244. The third kappa shape index (κ3) is 2.42. The Labute approximate surface area is 115 Å². The molecule has 3 unspecified atom stereocenters. The molecule has 2 fully saturated rings. The number of carbonyl (C=O) groups excluding carboxylic acids is 2. The van der Waals surface area contributed by atoms with Crippen molar-refractivity contribution in [3.8, 4) is 0 Å². The standard InChI is InChI=1S/C15H25NO3/c1-9-7-10-11(8-9)14(19)16(13(10)18)12(5-6-17)15(2,3)4/h9-12,17H,5-8H2,1-4H3. The monoisotopic (exact) mass is 267 g/mol. The Kier molecular flexibility index (Phi) is 3.74. The maximum atomic E-state index is 12.5. The summed E-state index contributed by atoms with van der Waals surface area (Å²) < 4.78 is 0. The molecule has 4 nitrogen and oxygen atoms in total. The van der Waals surface area contributed by atoms with E-state index in [0.717, 1.165) is 12.8 Å². The first-order chi connectivity index (χ1) is 8.77. The zero-order valence-electron chi connectivity index (χ0n) is 12.3. The summed E-state index contributed by atoms with van der Waals surface area (Å²) in [5, 5.41) is 9.23. The summed E-state index contributed by atoms with van der Waals surface area (Å²) in [6, 6.07) is -0.196. The lowest BCUT2D eigenvalue weighted by atomic mass is 9.83. The number of imide groups is 1. The van der Waals surface area contributed by atoms with Gasteiger partial charge in [0.25, 0.3) is 0 Å². The van der Waals surface area contributed by atoms with Gasteiger partial charge in [-0.3, -0.25) is 14.5 Å². The van der Waals surface area contributed by atoms with Crippen LogP contribution in [0.5, 0.6) is 0 Å². The quantitative estimate of drug-likeness (QED) is 0.793. The lowest BCUT2D eigenvalue weighted by Crippen LogP contribution is -2.48. The van der Waals surface area contributed by atoms with Gasteiger partial charge in [0.15, 0.2) is 0 Å². The fraction of sp³-hybridized carbons (Fsp3) is 0.867.